The summed E-state index contributed by atoms with van der Waals surface area (Å²) in [6, 6.07) is 15.0. The molecule has 5 aromatic rings. The molecule has 16 heteroatoms. The van der Waals surface area contributed by atoms with Crippen molar-refractivity contribution in [2.45, 2.75) is 70.2 Å². The normalized spacial score (nSPS) is 17.8. The van der Waals surface area contributed by atoms with Crippen molar-refractivity contribution in [3.63, 3.8) is 0 Å². The quantitative estimate of drug-likeness (QED) is 0.130. The fourth-order valence-electron chi connectivity index (χ4n) is 7.76. The summed E-state index contributed by atoms with van der Waals surface area (Å²) in [7, 11) is 3.12. The van der Waals surface area contributed by atoms with E-state index in [0.29, 0.717) is 30.4 Å². The van der Waals surface area contributed by atoms with Gasteiger partial charge < -0.3 is 44.9 Å². The lowest BCUT2D eigenvalue weighted by atomic mass is 10.0. The lowest BCUT2D eigenvalue weighted by Gasteiger charge is -2.29. The van der Waals surface area contributed by atoms with Crippen molar-refractivity contribution in [1.29, 1.82) is 0 Å². The highest BCUT2D eigenvalue weighted by Gasteiger charge is 2.39. The fourth-order valence-corrected chi connectivity index (χ4v) is 7.76. The number of rotatable bonds is 12. The Bertz CT molecular complexity index is 2210. The molecule has 2 fully saturated rings. The number of alkyl carbamates (subject to hydrolysis) is 1. The SMILES string of the molecule is COC(=O)N[C@@H](Cc1cn(C)cn1)C(=O)N1CCCC1c1ncc(-c2ccc(-c3ccc(-c4cnc([C@@H]5CCCN5C(=O)[C@@H](OC(N)=O)C(C)C)[nH]4)cc3)cc2)[nH]1. The van der Waals surface area contributed by atoms with Crippen LogP contribution in [0.15, 0.2) is 73.4 Å². The third-order valence-electron chi connectivity index (χ3n) is 10.7. The Balaban J connectivity index is 1.00. The summed E-state index contributed by atoms with van der Waals surface area (Å²) in [6.45, 7) is 4.74. The van der Waals surface area contributed by atoms with Gasteiger partial charge in [-0.25, -0.2) is 24.5 Å². The summed E-state index contributed by atoms with van der Waals surface area (Å²) in [4.78, 5) is 74.9. The molecule has 0 bridgehead atoms. The van der Waals surface area contributed by atoms with Crippen molar-refractivity contribution in [2.75, 3.05) is 20.2 Å². The Kier molecular flexibility index (Phi) is 11.4. The van der Waals surface area contributed by atoms with Crippen LogP contribution in [-0.4, -0.2) is 95.6 Å². The highest BCUT2D eigenvalue weighted by atomic mass is 16.6. The molecule has 4 amide bonds. The maximum atomic E-state index is 13.8. The number of likely N-dealkylation sites (tertiary alicyclic amines) is 2. The number of carbonyl (C=O) groups excluding carboxylic acids is 4. The molecule has 2 aliphatic rings. The number of benzene rings is 2. The maximum Gasteiger partial charge on any atom is 0.407 e. The zero-order chi connectivity index (χ0) is 40.2. The van der Waals surface area contributed by atoms with Gasteiger partial charge in [-0.3, -0.25) is 9.59 Å². The summed E-state index contributed by atoms with van der Waals surface area (Å²) in [5.41, 5.74) is 11.6. The molecule has 3 aromatic heterocycles. The highest BCUT2D eigenvalue weighted by Crippen LogP contribution is 2.35. The molecule has 5 heterocycles. The van der Waals surface area contributed by atoms with E-state index in [9.17, 15) is 19.2 Å². The number of H-pyrrole nitrogens is 2. The van der Waals surface area contributed by atoms with E-state index in [4.69, 9.17) is 15.2 Å². The van der Waals surface area contributed by atoms with Crippen LogP contribution in [0.1, 0.15) is 69.0 Å². The number of aromatic amines is 2. The third-order valence-corrected chi connectivity index (χ3v) is 10.7. The van der Waals surface area contributed by atoms with Gasteiger partial charge in [0.25, 0.3) is 5.91 Å². The summed E-state index contributed by atoms with van der Waals surface area (Å²) >= 11 is 0. The van der Waals surface area contributed by atoms with Gasteiger partial charge in [0.15, 0.2) is 6.10 Å². The van der Waals surface area contributed by atoms with E-state index in [1.807, 2.05) is 51.4 Å². The summed E-state index contributed by atoms with van der Waals surface area (Å²) < 4.78 is 11.8. The predicted octanol–water partition coefficient (Wildman–Crippen LogP) is 5.28. The monoisotopic (exact) mass is 776 g/mol. The fraction of sp³-hybridized carbons (Fsp3) is 0.390. The van der Waals surface area contributed by atoms with Crippen LogP contribution in [0.4, 0.5) is 9.59 Å². The number of amides is 4. The minimum absolute atomic E-state index is 0.212. The minimum atomic E-state index is -0.966. The standard InChI is InChI=1S/C41H48N10O6/c1-24(2)35(57-40(42)54)39(53)51-18-6-8-34(51)37-44-21-32(47-37)28-15-11-26(12-16-28)25-9-13-27(14-10-25)31-20-43-36(46-31)33-7-5-17-50(33)38(52)30(48-41(55)56-4)19-29-22-49(3)23-45-29/h9-16,20-24,30,33-35H,5-8,17-19H2,1-4H3,(H2,42,54)(H,43,46)(H,44,47)(H,48,55)/t30-,33?,34-,35-/m0/s1. The topological polar surface area (TPSA) is 206 Å². The van der Waals surface area contributed by atoms with Crippen LogP contribution in [0, 0.1) is 5.92 Å². The summed E-state index contributed by atoms with van der Waals surface area (Å²) in [5.74, 6) is 0.678. The second-order valence-corrected chi connectivity index (χ2v) is 14.9. The van der Waals surface area contributed by atoms with Gasteiger partial charge in [-0.15, -0.1) is 0 Å². The van der Waals surface area contributed by atoms with Gasteiger partial charge in [-0.05, 0) is 53.9 Å². The Morgan fingerprint density at radius 3 is 1.77 bits per heavy atom. The van der Waals surface area contributed by atoms with Crippen molar-refractivity contribution >= 4 is 24.0 Å². The van der Waals surface area contributed by atoms with Crippen LogP contribution in [-0.2, 0) is 32.5 Å². The van der Waals surface area contributed by atoms with E-state index in [0.717, 1.165) is 59.3 Å². The number of imidazole rings is 3. The molecule has 5 N–H and O–H groups in total. The van der Waals surface area contributed by atoms with Crippen molar-refractivity contribution in [3.05, 3.63) is 90.8 Å². The van der Waals surface area contributed by atoms with Crippen LogP contribution in [0.25, 0.3) is 33.6 Å². The maximum absolute atomic E-state index is 13.8. The molecule has 0 radical (unpaired) electrons. The molecule has 2 aliphatic heterocycles. The molecule has 0 saturated carbocycles. The predicted molar refractivity (Wildman–Crippen MR) is 210 cm³/mol. The number of nitrogens with two attached hydrogens (primary N) is 1. The number of primary amides is 1. The summed E-state index contributed by atoms with van der Waals surface area (Å²) in [6.07, 6.45) is 7.81. The van der Waals surface area contributed by atoms with Crippen LogP contribution >= 0.6 is 0 Å². The lowest BCUT2D eigenvalue weighted by Crippen LogP contribution is -2.49. The Labute approximate surface area is 330 Å². The van der Waals surface area contributed by atoms with E-state index >= 15 is 0 Å². The number of hydrogen-bond acceptors (Lipinski definition) is 9. The van der Waals surface area contributed by atoms with Gasteiger partial charge in [0.05, 0.1) is 55.0 Å². The molecule has 1 unspecified atom stereocenters. The first-order valence-corrected chi connectivity index (χ1v) is 19.2. The van der Waals surface area contributed by atoms with E-state index in [1.54, 1.807) is 33.1 Å². The first kappa shape index (κ1) is 38.8. The average molecular weight is 777 g/mol. The Morgan fingerprint density at radius 1 is 0.807 bits per heavy atom. The molecule has 0 spiro atoms. The molecule has 2 aromatic carbocycles. The molecule has 0 aliphatic carbocycles. The lowest BCUT2D eigenvalue weighted by molar-refractivity contribution is -0.143. The van der Waals surface area contributed by atoms with Gasteiger partial charge in [0.2, 0.25) is 5.91 Å². The van der Waals surface area contributed by atoms with Gasteiger partial charge in [0, 0.05) is 32.8 Å². The van der Waals surface area contributed by atoms with Gasteiger partial charge in [-0.1, -0.05) is 62.4 Å². The number of nitrogens with zero attached hydrogens (tertiary/aromatic N) is 6. The van der Waals surface area contributed by atoms with E-state index in [2.05, 4.69) is 54.5 Å². The Morgan fingerprint density at radius 2 is 1.32 bits per heavy atom. The second-order valence-electron chi connectivity index (χ2n) is 14.9. The molecular formula is C41H48N10O6. The zero-order valence-corrected chi connectivity index (χ0v) is 32.5. The van der Waals surface area contributed by atoms with E-state index < -0.39 is 24.3 Å². The van der Waals surface area contributed by atoms with E-state index in [1.165, 1.54) is 7.11 Å². The Hall–Kier alpha value is -6.45. The zero-order valence-electron chi connectivity index (χ0n) is 32.5. The molecule has 16 nitrogen and oxygen atoms in total. The average Bonchev–Trinajstić information content (AvgIpc) is 4.06. The second kappa shape index (κ2) is 16.7. The molecule has 57 heavy (non-hydrogen) atoms. The summed E-state index contributed by atoms with van der Waals surface area (Å²) in [5, 5.41) is 2.70. The number of ether oxygens (including phenoxy) is 2. The van der Waals surface area contributed by atoms with Crippen LogP contribution in [0.5, 0.6) is 0 Å². The van der Waals surface area contributed by atoms with Crippen molar-refractivity contribution < 1.29 is 28.7 Å². The van der Waals surface area contributed by atoms with Crippen molar-refractivity contribution in [3.8, 4) is 33.6 Å². The number of nitrogens with one attached hydrogen (secondary N) is 3. The first-order chi connectivity index (χ1) is 27.5. The third kappa shape index (κ3) is 8.54. The molecule has 4 atom stereocenters. The van der Waals surface area contributed by atoms with E-state index in [-0.39, 0.29) is 36.2 Å². The van der Waals surface area contributed by atoms with Crippen LogP contribution < -0.4 is 11.1 Å². The largest absolute Gasteiger partial charge is 0.453 e. The smallest absolute Gasteiger partial charge is 0.407 e. The number of aromatic nitrogens is 6. The number of aryl methyl sites for hydroxylation is 1. The van der Waals surface area contributed by atoms with Gasteiger partial charge in [0.1, 0.15) is 17.7 Å². The van der Waals surface area contributed by atoms with Crippen LogP contribution in [0.3, 0.4) is 0 Å². The number of hydrogen-bond donors (Lipinski definition) is 4. The molecule has 298 valence electrons. The molecule has 7 rings (SSSR count). The van der Waals surface area contributed by atoms with Crippen molar-refractivity contribution in [1.82, 2.24) is 44.6 Å². The van der Waals surface area contributed by atoms with Gasteiger partial charge >= 0.3 is 12.2 Å². The van der Waals surface area contributed by atoms with Gasteiger partial charge in [-0.2, -0.15) is 0 Å². The van der Waals surface area contributed by atoms with Crippen molar-refractivity contribution in [2.24, 2.45) is 18.7 Å². The number of carbonyl (C=O) groups is 4. The highest BCUT2D eigenvalue weighted by molar-refractivity contribution is 5.86. The molecule has 2 saturated heterocycles. The number of methoxy groups -OCH3 is 1. The molecular weight excluding hydrogens is 729 g/mol. The minimum Gasteiger partial charge on any atom is -0.453 e. The van der Waals surface area contributed by atoms with Crippen LogP contribution in [0.2, 0.25) is 0 Å². The first-order valence-electron chi connectivity index (χ1n) is 19.2.